The largest absolute Gasteiger partial charge is 0.434 e. The van der Waals surface area contributed by atoms with Gasteiger partial charge in [-0.1, -0.05) is 23.7 Å². The highest BCUT2D eigenvalue weighted by Gasteiger charge is 2.51. The molecule has 0 spiro atoms. The molecule has 12 heteroatoms. The van der Waals surface area contributed by atoms with Crippen molar-refractivity contribution in [2.45, 2.75) is 24.6 Å². The van der Waals surface area contributed by atoms with Gasteiger partial charge in [-0.3, -0.25) is 4.79 Å². The maximum absolute atomic E-state index is 13.9. The molecule has 0 bridgehead atoms. The Bertz CT molecular complexity index is 1260. The van der Waals surface area contributed by atoms with Crippen molar-refractivity contribution in [1.29, 1.82) is 0 Å². The molecule has 4 rings (SSSR count). The first-order chi connectivity index (χ1) is 15.4. The Labute approximate surface area is 190 Å². The summed E-state index contributed by atoms with van der Waals surface area (Å²) in [6.45, 7) is 1.77. The van der Waals surface area contributed by atoms with Gasteiger partial charge in [-0.05, 0) is 36.2 Å². The lowest BCUT2D eigenvalue weighted by atomic mass is 9.74. The van der Waals surface area contributed by atoms with Crippen molar-refractivity contribution in [2.24, 2.45) is 5.73 Å². The van der Waals surface area contributed by atoms with Crippen molar-refractivity contribution in [3.8, 4) is 0 Å². The Balaban J connectivity index is 1.95. The Morgan fingerprint density at radius 3 is 2.58 bits per heavy atom. The second kappa shape index (κ2) is 7.91. The summed E-state index contributed by atoms with van der Waals surface area (Å²) in [5.74, 6) is -2.17. The molecular formula is C21H18ClF4N5O2. The van der Waals surface area contributed by atoms with Gasteiger partial charge in [0.25, 0.3) is 0 Å². The maximum Gasteiger partial charge on any atom is 0.434 e. The van der Waals surface area contributed by atoms with E-state index in [-0.39, 0.29) is 23.8 Å². The minimum Gasteiger partial charge on any atom is -0.352 e. The van der Waals surface area contributed by atoms with Crippen molar-refractivity contribution in [2.75, 3.05) is 13.1 Å². The molecule has 2 atom stereocenters. The van der Waals surface area contributed by atoms with Crippen molar-refractivity contribution in [3.63, 3.8) is 0 Å². The van der Waals surface area contributed by atoms with E-state index < -0.39 is 41.1 Å². The number of hydrogen-bond donors (Lipinski definition) is 2. The fourth-order valence-corrected chi connectivity index (χ4v) is 4.48. The first-order valence-electron chi connectivity index (χ1n) is 9.79. The highest BCUT2D eigenvalue weighted by molar-refractivity contribution is 6.30. The summed E-state index contributed by atoms with van der Waals surface area (Å²) in [5.41, 5.74) is 3.66. The lowest BCUT2D eigenvalue weighted by Crippen LogP contribution is -2.68. The van der Waals surface area contributed by atoms with E-state index in [1.165, 1.54) is 46.7 Å². The van der Waals surface area contributed by atoms with E-state index in [2.05, 4.69) is 10.3 Å². The average molecular weight is 484 g/mol. The Morgan fingerprint density at radius 1 is 1.24 bits per heavy atom. The van der Waals surface area contributed by atoms with Gasteiger partial charge < -0.3 is 20.4 Å². The number of fused-ring (bicyclic) bond motifs is 1. The normalized spacial score (nSPS) is 20.1. The van der Waals surface area contributed by atoms with Crippen molar-refractivity contribution in [1.82, 2.24) is 19.6 Å². The second-order valence-electron chi connectivity index (χ2n) is 7.85. The number of hydrogen-bond acceptors (Lipinski definition) is 3. The number of nitrogens with zero attached hydrogens (tertiary/aromatic N) is 3. The number of benzene rings is 1. The highest BCUT2D eigenvalue weighted by atomic mass is 35.5. The number of imidazole rings is 1. The maximum atomic E-state index is 13.9. The minimum absolute atomic E-state index is 0.0342. The summed E-state index contributed by atoms with van der Waals surface area (Å²) in [7, 11) is 0. The summed E-state index contributed by atoms with van der Waals surface area (Å²) in [4.78, 5) is 30.2. The lowest BCUT2D eigenvalue weighted by Gasteiger charge is -2.47. The topological polar surface area (TPSA) is 92.7 Å². The van der Waals surface area contributed by atoms with E-state index in [4.69, 9.17) is 17.3 Å². The van der Waals surface area contributed by atoms with Crippen LogP contribution in [0.25, 0.3) is 5.65 Å². The predicted molar refractivity (Wildman–Crippen MR) is 111 cm³/mol. The second-order valence-corrected chi connectivity index (χ2v) is 8.26. The first-order valence-corrected chi connectivity index (χ1v) is 10.2. The number of nitrogens with one attached hydrogen (secondary N) is 1. The number of amides is 3. The Hall–Kier alpha value is -3.34. The van der Waals surface area contributed by atoms with Crippen LogP contribution in [0.4, 0.5) is 22.4 Å². The van der Waals surface area contributed by atoms with Gasteiger partial charge in [-0.2, -0.15) is 13.2 Å². The number of rotatable bonds is 3. The molecule has 1 aliphatic heterocycles. The van der Waals surface area contributed by atoms with Crippen molar-refractivity contribution < 1.29 is 27.2 Å². The number of aromatic nitrogens is 2. The Kier molecular flexibility index (Phi) is 5.47. The van der Waals surface area contributed by atoms with Gasteiger partial charge in [0.1, 0.15) is 17.0 Å². The number of piperazine rings is 1. The lowest BCUT2D eigenvalue weighted by molar-refractivity contribution is -0.140. The van der Waals surface area contributed by atoms with E-state index in [1.807, 2.05) is 0 Å². The molecule has 3 heterocycles. The van der Waals surface area contributed by atoms with E-state index in [9.17, 15) is 27.2 Å². The molecule has 3 N–H and O–H groups in total. The van der Waals surface area contributed by atoms with Gasteiger partial charge in [0, 0.05) is 31.4 Å². The van der Waals surface area contributed by atoms with Crippen LogP contribution < -0.4 is 11.1 Å². The fraction of sp³-hybridized carbons (Fsp3) is 0.286. The molecule has 7 nitrogen and oxygen atoms in total. The molecule has 3 aromatic rings. The molecular weight excluding hydrogens is 466 g/mol. The molecule has 1 aromatic carbocycles. The highest BCUT2D eigenvalue weighted by Crippen LogP contribution is 2.41. The number of alkyl halides is 3. The number of carbonyl (C=O) groups excluding carboxylic acids is 2. The number of primary amides is 1. The third-order valence-electron chi connectivity index (χ3n) is 5.84. The van der Waals surface area contributed by atoms with Crippen molar-refractivity contribution in [3.05, 3.63) is 70.4 Å². The molecule has 1 fully saturated rings. The van der Waals surface area contributed by atoms with E-state index in [1.54, 1.807) is 0 Å². The van der Waals surface area contributed by atoms with Gasteiger partial charge >= 0.3 is 12.2 Å². The number of carbonyl (C=O) groups is 2. The smallest absolute Gasteiger partial charge is 0.352 e. The third kappa shape index (κ3) is 3.86. The monoisotopic (exact) mass is 483 g/mol. The predicted octanol–water partition coefficient (Wildman–Crippen LogP) is 3.55. The Morgan fingerprint density at radius 2 is 1.94 bits per heavy atom. The van der Waals surface area contributed by atoms with Crippen LogP contribution in [0, 0.1) is 5.82 Å². The molecule has 1 aliphatic rings. The van der Waals surface area contributed by atoms with Crippen LogP contribution in [0.1, 0.15) is 29.7 Å². The van der Waals surface area contributed by atoms with E-state index >= 15 is 0 Å². The number of halogens is 5. The average Bonchev–Trinajstić information content (AvgIpc) is 3.17. The zero-order valence-electron chi connectivity index (χ0n) is 17.2. The van der Waals surface area contributed by atoms with Crippen LogP contribution in [0.5, 0.6) is 0 Å². The van der Waals surface area contributed by atoms with Crippen LogP contribution in [-0.4, -0.2) is 44.9 Å². The SMILES string of the molecule is CC1([C@H](c2ccc(F)c(Cl)c2)c2ccc3nc(C(F)(F)F)cn3c2)C(=O)NCCN1C(N)=O. The van der Waals surface area contributed by atoms with E-state index in [0.29, 0.717) is 11.1 Å². The van der Waals surface area contributed by atoms with Gasteiger partial charge in [-0.25, -0.2) is 14.2 Å². The number of pyridine rings is 1. The van der Waals surface area contributed by atoms with Crippen molar-refractivity contribution >= 4 is 29.2 Å². The number of urea groups is 1. The van der Waals surface area contributed by atoms with Crippen LogP contribution in [0.2, 0.25) is 5.02 Å². The van der Waals surface area contributed by atoms with Gasteiger partial charge in [0.15, 0.2) is 5.69 Å². The molecule has 1 unspecified atom stereocenters. The fourth-order valence-electron chi connectivity index (χ4n) is 4.29. The summed E-state index contributed by atoms with van der Waals surface area (Å²) >= 11 is 5.99. The summed E-state index contributed by atoms with van der Waals surface area (Å²) in [6.07, 6.45) is -2.44. The molecule has 33 heavy (non-hydrogen) atoms. The van der Waals surface area contributed by atoms with Gasteiger partial charge in [0.05, 0.1) is 5.02 Å². The summed E-state index contributed by atoms with van der Waals surface area (Å²) in [5, 5.41) is 2.48. The van der Waals surface area contributed by atoms with E-state index in [0.717, 1.165) is 12.3 Å². The van der Waals surface area contributed by atoms with Crippen LogP contribution >= 0.6 is 11.6 Å². The minimum atomic E-state index is -4.64. The van der Waals surface area contributed by atoms with Crippen LogP contribution in [-0.2, 0) is 11.0 Å². The molecule has 0 saturated carbocycles. The zero-order chi connectivity index (χ0) is 24.1. The molecule has 0 radical (unpaired) electrons. The molecule has 3 amide bonds. The summed E-state index contributed by atoms with van der Waals surface area (Å²) < 4.78 is 54.5. The van der Waals surface area contributed by atoms with Crippen LogP contribution in [0.3, 0.4) is 0 Å². The molecule has 0 aliphatic carbocycles. The summed E-state index contributed by atoms with van der Waals surface area (Å²) in [6, 6.07) is 5.83. The molecule has 174 valence electrons. The first kappa shape index (κ1) is 22.8. The molecule has 2 aromatic heterocycles. The number of nitrogens with two attached hydrogens (primary N) is 1. The van der Waals surface area contributed by atoms with Gasteiger partial charge in [0.2, 0.25) is 5.91 Å². The van der Waals surface area contributed by atoms with Gasteiger partial charge in [-0.15, -0.1) is 0 Å². The molecule has 1 saturated heterocycles. The zero-order valence-corrected chi connectivity index (χ0v) is 17.9. The van der Waals surface area contributed by atoms with Crippen LogP contribution in [0.15, 0.2) is 42.7 Å². The quantitative estimate of drug-likeness (QED) is 0.558. The standard InChI is InChI=1S/C21H18ClF4N5O2/c1-20(18(32)28-6-7-31(20)19(27)33)17(11-2-4-14(23)13(22)8-11)12-3-5-16-29-15(21(24,25)26)10-30(16)9-12/h2-5,8-10,17H,6-7H2,1H3,(H2,27,33)(H,28,32)/t17-,20?/m1/s1. The third-order valence-corrected chi connectivity index (χ3v) is 6.13.